The fourth-order valence-electron chi connectivity index (χ4n) is 8.02. The molecule has 1 aliphatic heterocycles. The molecule has 0 unspecified atom stereocenters. The van der Waals surface area contributed by atoms with Crippen LogP contribution < -0.4 is 13.9 Å². The summed E-state index contributed by atoms with van der Waals surface area (Å²) >= 11 is 0. The molecule has 3 heterocycles. The third-order valence-corrected chi connectivity index (χ3v) is 11.2. The summed E-state index contributed by atoms with van der Waals surface area (Å²) in [5, 5.41) is 1.97. The molecule has 0 saturated heterocycles. The number of ether oxygens (including phenoxy) is 1. The van der Waals surface area contributed by atoms with Gasteiger partial charge in [0.15, 0.2) is 0 Å². The van der Waals surface area contributed by atoms with E-state index in [0.29, 0.717) is 50.8 Å². The monoisotopic (exact) mass is 1030 g/mol. The predicted octanol–water partition coefficient (Wildman–Crippen LogP) is 14.6. The predicted molar refractivity (Wildman–Crippen MR) is 252 cm³/mol. The van der Waals surface area contributed by atoms with Gasteiger partial charge in [0.25, 0.3) is 11.4 Å². The fourth-order valence-corrected chi connectivity index (χ4v) is 8.02. The van der Waals surface area contributed by atoms with Crippen molar-refractivity contribution in [2.75, 3.05) is 0 Å². The zero-order valence-electron chi connectivity index (χ0n) is 40.0. The number of halogens is 2. The maximum atomic E-state index is 14.6. The first kappa shape index (κ1) is 37.7. The molecule has 0 spiro atoms. The van der Waals surface area contributed by atoms with E-state index in [1.807, 2.05) is 98.3 Å². The quantitative estimate of drug-likeness (QED) is 0.118. The van der Waals surface area contributed by atoms with E-state index in [4.69, 9.17) is 12.5 Å². The van der Waals surface area contributed by atoms with Crippen LogP contribution in [0.4, 0.5) is 31.5 Å². The molecule has 0 atom stereocenters. The number of fused-ring (bicyclic) bond motifs is 4. The molecule has 9 aromatic rings. The summed E-state index contributed by atoms with van der Waals surface area (Å²) < 4.78 is 78.5. The number of benzene rings is 7. The summed E-state index contributed by atoms with van der Waals surface area (Å²) in [6.45, 7) is 12.1. The van der Waals surface area contributed by atoms with E-state index in [0.717, 1.165) is 39.3 Å². The van der Waals surface area contributed by atoms with Crippen LogP contribution in [0, 0.1) is 23.8 Å². The third kappa shape index (κ3) is 7.91. The minimum absolute atomic E-state index is 0. The van der Waals surface area contributed by atoms with Crippen LogP contribution in [-0.4, -0.2) is 15.6 Å². The molecule has 1 aliphatic rings. The van der Waals surface area contributed by atoms with E-state index in [-0.39, 0.29) is 62.0 Å². The van der Waals surface area contributed by atoms with E-state index in [1.54, 1.807) is 28.8 Å². The first-order valence-electron chi connectivity index (χ1n) is 22.8. The summed E-state index contributed by atoms with van der Waals surface area (Å²) in [7, 11) is 0. The Labute approximate surface area is 392 Å². The van der Waals surface area contributed by atoms with Crippen molar-refractivity contribution in [2.24, 2.45) is 0 Å². The molecule has 2 aromatic heterocycles. The van der Waals surface area contributed by atoms with Gasteiger partial charge in [-0.3, -0.25) is 0 Å². The Balaban J connectivity index is 0.00000578. The second-order valence-corrected chi connectivity index (χ2v) is 17.7. The molecule has 10 rings (SSSR count). The van der Waals surface area contributed by atoms with Gasteiger partial charge in [0, 0.05) is 47.5 Å². The summed E-state index contributed by atoms with van der Waals surface area (Å²) in [5.74, 6) is -0.0948. The maximum absolute atomic E-state index is 14.6. The van der Waals surface area contributed by atoms with Crippen molar-refractivity contribution in [2.45, 2.75) is 52.4 Å². The van der Waals surface area contributed by atoms with Crippen LogP contribution in [0.25, 0.3) is 49.9 Å². The molecule has 0 N–H and O–H groups in total. The first-order chi connectivity index (χ1) is 32.0. The number of rotatable bonds is 7. The molecule has 64 heavy (non-hydrogen) atoms. The van der Waals surface area contributed by atoms with Gasteiger partial charge in [-0.1, -0.05) is 130 Å². The second-order valence-electron chi connectivity index (χ2n) is 17.7. The summed E-state index contributed by atoms with van der Waals surface area (Å²) in [6.07, 6.45) is 1.82. The van der Waals surface area contributed by atoms with Crippen LogP contribution in [0.15, 0.2) is 158 Å². The summed E-state index contributed by atoms with van der Waals surface area (Å²) in [6, 6.07) is 47.6. The molecule has 7 aromatic carbocycles. The molecule has 0 fully saturated rings. The first-order valence-corrected chi connectivity index (χ1v) is 20.8. The Hall–Kier alpha value is -6.78. The van der Waals surface area contributed by atoms with E-state index in [2.05, 4.69) is 61.7 Å². The molecular formula is C56H44F2N4OPt+2. The Kier molecular flexibility index (Phi) is 9.68. The van der Waals surface area contributed by atoms with E-state index < -0.39 is 17.0 Å². The van der Waals surface area contributed by atoms with Crippen molar-refractivity contribution in [3.63, 3.8) is 0 Å². The van der Waals surface area contributed by atoms with Gasteiger partial charge in [0.1, 0.15) is 23.1 Å². The third-order valence-electron chi connectivity index (χ3n) is 11.2. The normalized spacial score (nSPS) is 13.4. The van der Waals surface area contributed by atoms with E-state index >= 15 is 0 Å². The van der Waals surface area contributed by atoms with Crippen LogP contribution in [0.3, 0.4) is 0 Å². The van der Waals surface area contributed by atoms with Crippen molar-refractivity contribution in [1.82, 2.24) is 18.7 Å². The average Bonchev–Trinajstić information content (AvgIpc) is 3.83. The van der Waals surface area contributed by atoms with Crippen molar-refractivity contribution >= 4 is 50.6 Å². The molecule has 316 valence electrons. The molecule has 0 radical (unpaired) electrons. The SMILES string of the molecule is [2H]c1c([2H])c(C(C)(C)C)c([2H])c([2H])c1-c1cc(Oc2[c-]c3c(cc2)c2ccccc2n3-c2cc(C(C)(C)C)ccn2)[c-]c([N+]2=C=[N+](c3ccccc3-c3cc(F)cc(F)c3)c3ccccc32)c1.[Pt+2]. The van der Waals surface area contributed by atoms with Gasteiger partial charge in [-0.25, -0.2) is 13.8 Å². The molecule has 5 nitrogen and oxygen atoms in total. The van der Waals surface area contributed by atoms with Crippen LogP contribution in [0.1, 0.15) is 58.2 Å². The zero-order valence-corrected chi connectivity index (χ0v) is 38.2. The smallest absolute Gasteiger partial charge is 0.509 e. The number of hydrogen-bond acceptors (Lipinski definition) is 2. The fraction of sp³-hybridized carbons (Fsp3) is 0.143. The molecule has 0 bridgehead atoms. The molecule has 8 heteroatoms. The minimum Gasteiger partial charge on any atom is -0.509 e. The average molecular weight is 1030 g/mol. The molecule has 0 amide bonds. The van der Waals surface area contributed by atoms with Crippen LogP contribution >= 0.6 is 0 Å². The van der Waals surface area contributed by atoms with Gasteiger partial charge in [-0.15, -0.1) is 29.1 Å². The van der Waals surface area contributed by atoms with Gasteiger partial charge in [-0.2, -0.15) is 6.07 Å². The molecule has 0 saturated carbocycles. The number of para-hydroxylation sites is 4. The van der Waals surface area contributed by atoms with Crippen LogP contribution in [-0.2, 0) is 31.9 Å². The Morgan fingerprint density at radius 2 is 1.27 bits per heavy atom. The van der Waals surface area contributed by atoms with Crippen LogP contribution in [0.2, 0.25) is 0 Å². The van der Waals surface area contributed by atoms with Gasteiger partial charge in [0.2, 0.25) is 5.69 Å². The van der Waals surface area contributed by atoms with Crippen molar-refractivity contribution in [3.05, 3.63) is 193 Å². The van der Waals surface area contributed by atoms with Crippen molar-refractivity contribution in [1.29, 1.82) is 0 Å². The Bertz CT molecular complexity index is 3560. The Morgan fingerprint density at radius 3 is 1.98 bits per heavy atom. The summed E-state index contributed by atoms with van der Waals surface area (Å²) in [5.41, 5.74) is 6.13. The maximum Gasteiger partial charge on any atom is 2.00 e. The Morgan fingerprint density at radius 1 is 0.609 bits per heavy atom. The minimum atomic E-state index is -0.700. The molecule has 0 aliphatic carbocycles. The van der Waals surface area contributed by atoms with Gasteiger partial charge in [-0.05, 0) is 79.4 Å². The van der Waals surface area contributed by atoms with Crippen LogP contribution in [0.5, 0.6) is 11.5 Å². The van der Waals surface area contributed by atoms with Crippen molar-refractivity contribution < 1.29 is 40.1 Å². The number of hydrogen-bond donors (Lipinski definition) is 0. The van der Waals surface area contributed by atoms with E-state index in [9.17, 15) is 11.5 Å². The topological polar surface area (TPSA) is 33.1 Å². The number of aromatic nitrogens is 2. The van der Waals surface area contributed by atoms with E-state index in [1.165, 1.54) is 12.1 Å². The van der Waals surface area contributed by atoms with Gasteiger partial charge < -0.3 is 9.30 Å². The number of pyridine rings is 1. The van der Waals surface area contributed by atoms with Gasteiger partial charge >= 0.3 is 27.1 Å². The standard InChI is InChI=1S/C56H44F2N4O.Pt/c1-55(2,3)39-21-19-36(20-22-39)37-29-43(60-35-61(52-18-12-11-17-51(52)60)49-15-9-7-13-46(49)38-27-41(57)32-42(58)28-38)33-45(30-37)63-44-23-24-48-47-14-8-10-16-50(47)62(53(48)34-44)54-31-40(25-26-59-54)56(4,5)6;/h7-32H,1-6H3;/q;+2/i19D,20D,21D,22D;. The largest absolute Gasteiger partial charge is 2.00 e. The summed E-state index contributed by atoms with van der Waals surface area (Å²) in [4.78, 5) is 4.82. The van der Waals surface area contributed by atoms with Gasteiger partial charge in [0.05, 0.1) is 11.0 Å². The second kappa shape index (κ2) is 16.4. The zero-order chi connectivity index (χ0) is 47.1. The molecular weight excluding hydrogens is 978 g/mol. The number of nitrogens with zero attached hydrogens (tertiary/aromatic N) is 4. The van der Waals surface area contributed by atoms with Crippen molar-refractivity contribution in [3.8, 4) is 39.6 Å².